The van der Waals surface area contributed by atoms with Crippen LogP contribution >= 0.6 is 7.60 Å². The van der Waals surface area contributed by atoms with E-state index in [9.17, 15) is 28.4 Å². The maximum absolute atomic E-state index is 13.8. The Kier molecular flexibility index (Phi) is 9.99. The molecule has 0 saturated carbocycles. The van der Waals surface area contributed by atoms with Crippen LogP contribution in [0.15, 0.2) is 72.9 Å². The molecule has 1 aliphatic heterocycles. The quantitative estimate of drug-likeness (QED) is 0.108. The zero-order chi connectivity index (χ0) is 32.8. The average molecular weight is 650 g/mol. The number of rotatable bonds is 13. The number of para-hydroxylation sites is 1. The van der Waals surface area contributed by atoms with E-state index < -0.39 is 37.3 Å². The second-order valence-electron chi connectivity index (χ2n) is 10.6. The van der Waals surface area contributed by atoms with Crippen LogP contribution in [0.3, 0.4) is 0 Å². The summed E-state index contributed by atoms with van der Waals surface area (Å²) < 4.78 is 43.5. The number of nitrogens with one attached hydrogen (secondary N) is 1. The molecule has 1 aromatic heterocycles. The van der Waals surface area contributed by atoms with Gasteiger partial charge in [-0.1, -0.05) is 36.4 Å². The van der Waals surface area contributed by atoms with Gasteiger partial charge in [-0.2, -0.15) is 0 Å². The molecule has 2 amide bonds. The highest BCUT2D eigenvalue weighted by atomic mass is 31.2. The third-order valence-electron chi connectivity index (χ3n) is 7.32. The van der Waals surface area contributed by atoms with Crippen molar-refractivity contribution < 1.29 is 42.2 Å². The number of amides is 2. The van der Waals surface area contributed by atoms with E-state index in [0.29, 0.717) is 22.3 Å². The number of phenols is 1. The minimum Gasteiger partial charge on any atom is -0.505 e. The van der Waals surface area contributed by atoms with Crippen molar-refractivity contribution in [2.75, 3.05) is 19.3 Å². The Balaban J connectivity index is 1.34. The fourth-order valence-corrected chi connectivity index (χ4v) is 7.02. The molecule has 240 valence electrons. The highest BCUT2D eigenvalue weighted by Crippen LogP contribution is 2.50. The minimum atomic E-state index is -3.89. The van der Waals surface area contributed by atoms with Crippen LogP contribution in [0, 0.1) is 5.82 Å². The monoisotopic (exact) mass is 649 g/mol. The zero-order valence-electron chi connectivity index (χ0n) is 25.3. The molecule has 46 heavy (non-hydrogen) atoms. The van der Waals surface area contributed by atoms with Gasteiger partial charge in [0, 0.05) is 36.8 Å². The fourth-order valence-electron chi connectivity index (χ4n) is 5.22. The number of hydrogen-bond donors (Lipinski definition) is 2. The van der Waals surface area contributed by atoms with Crippen LogP contribution in [0.1, 0.15) is 52.1 Å². The van der Waals surface area contributed by atoms with Gasteiger partial charge in [-0.25, -0.2) is 13.8 Å². The molecule has 2 N–H and O–H groups in total. The molecule has 3 aromatic carbocycles. The van der Waals surface area contributed by atoms with Gasteiger partial charge in [0.2, 0.25) is 0 Å². The fraction of sp³-hybridized carbons (Fsp3) is 0.273. The number of carbonyl (C=O) groups excluding carboxylic acids is 3. The predicted molar refractivity (Wildman–Crippen MR) is 167 cm³/mol. The molecule has 1 unspecified atom stereocenters. The number of aromatic nitrogens is 1. The van der Waals surface area contributed by atoms with Gasteiger partial charge < -0.3 is 24.6 Å². The number of aromatic hydroxyl groups is 1. The molecular weight excluding hydrogens is 616 g/mol. The van der Waals surface area contributed by atoms with Gasteiger partial charge in [0.25, 0.3) is 11.8 Å². The first kappa shape index (κ1) is 32.6. The van der Waals surface area contributed by atoms with Crippen molar-refractivity contribution in [1.82, 2.24) is 15.2 Å². The van der Waals surface area contributed by atoms with Crippen LogP contribution in [0.2, 0.25) is 0 Å². The van der Waals surface area contributed by atoms with Gasteiger partial charge >= 0.3 is 13.6 Å². The Morgan fingerprint density at radius 2 is 1.85 bits per heavy atom. The molecule has 2 heterocycles. The van der Waals surface area contributed by atoms with Gasteiger partial charge in [-0.15, -0.1) is 0 Å². The molecule has 0 fully saturated rings. The van der Waals surface area contributed by atoms with E-state index in [1.807, 2.05) is 0 Å². The second-order valence-corrected chi connectivity index (χ2v) is 12.7. The maximum atomic E-state index is 13.8. The molecule has 0 bridgehead atoms. The Morgan fingerprint density at radius 3 is 2.57 bits per heavy atom. The number of pyridine rings is 1. The molecule has 2 atom stereocenters. The number of nitrogens with zero attached hydrogens (tertiary/aromatic N) is 2. The number of ether oxygens (including phenoxy) is 1. The minimum absolute atomic E-state index is 0.0134. The number of halogens is 1. The predicted octanol–water partition coefficient (Wildman–Crippen LogP) is 5.60. The summed E-state index contributed by atoms with van der Waals surface area (Å²) in [5, 5.41) is 14.2. The van der Waals surface area contributed by atoms with E-state index in [1.165, 1.54) is 30.2 Å². The Morgan fingerprint density at radius 1 is 1.11 bits per heavy atom. The summed E-state index contributed by atoms with van der Waals surface area (Å²) in [7, 11) is -3.89. The molecule has 0 saturated heterocycles. The molecule has 1 aliphatic rings. The van der Waals surface area contributed by atoms with Gasteiger partial charge in [0.1, 0.15) is 17.1 Å². The van der Waals surface area contributed by atoms with E-state index in [0.717, 1.165) is 0 Å². The standard InChI is InChI=1S/C33H33FN3O8P/c1-3-43-33(41)21(2)44-46(42,45-24-9-5-4-6-10-24)18-8-17-36-31(39)27-25-11-7-16-35-29(25)30(38)28-26(27)20-37(32(28)40)19-22-12-14-23(34)15-13-22/h4-7,9-16,21,38H,3,8,17-20H2,1-2H3,(H,36,39)/t21-,46?/m0/s1. The smallest absolute Gasteiger partial charge is 0.380 e. The lowest BCUT2D eigenvalue weighted by molar-refractivity contribution is -0.150. The SMILES string of the molecule is CCOC(=O)[C@H](C)OP(=O)(CCCNC(=O)c1c2c(c(O)c3ncccc13)C(=O)N(Cc1ccc(F)cc1)C2)Oc1ccccc1. The lowest BCUT2D eigenvalue weighted by Gasteiger charge is -2.22. The van der Waals surface area contributed by atoms with E-state index >= 15 is 0 Å². The van der Waals surface area contributed by atoms with Crippen molar-refractivity contribution in [2.45, 2.75) is 39.5 Å². The molecule has 0 radical (unpaired) electrons. The van der Waals surface area contributed by atoms with Crippen LogP contribution in [-0.2, 0) is 31.7 Å². The first-order valence-electron chi connectivity index (χ1n) is 14.7. The molecule has 5 rings (SSSR count). The first-order chi connectivity index (χ1) is 22.1. The summed E-state index contributed by atoms with van der Waals surface area (Å²) in [5.41, 5.74) is 1.29. The van der Waals surface area contributed by atoms with Gasteiger partial charge in [-0.05, 0) is 56.2 Å². The Labute approximate surface area is 264 Å². The van der Waals surface area contributed by atoms with Crippen molar-refractivity contribution in [3.63, 3.8) is 0 Å². The topological polar surface area (TPSA) is 144 Å². The van der Waals surface area contributed by atoms with Crippen LogP contribution in [0.25, 0.3) is 10.9 Å². The third kappa shape index (κ3) is 7.19. The number of esters is 1. The molecule has 4 aromatic rings. The summed E-state index contributed by atoms with van der Waals surface area (Å²) in [5.74, 6) is -2.12. The maximum Gasteiger partial charge on any atom is 0.380 e. The van der Waals surface area contributed by atoms with E-state index in [2.05, 4.69) is 10.3 Å². The molecule has 0 spiro atoms. The number of phenolic OH excluding ortho intramolecular Hbond substituents is 1. The van der Waals surface area contributed by atoms with E-state index in [4.69, 9.17) is 13.8 Å². The summed E-state index contributed by atoms with van der Waals surface area (Å²) >= 11 is 0. The van der Waals surface area contributed by atoms with Crippen molar-refractivity contribution >= 4 is 36.3 Å². The Bertz CT molecular complexity index is 1800. The van der Waals surface area contributed by atoms with Crippen LogP contribution in [0.4, 0.5) is 4.39 Å². The Hall–Kier alpha value is -4.80. The van der Waals surface area contributed by atoms with Crippen molar-refractivity contribution in [2.24, 2.45) is 0 Å². The molecule has 0 aliphatic carbocycles. The lowest BCUT2D eigenvalue weighted by atomic mass is 9.96. The number of hydrogen-bond acceptors (Lipinski definition) is 9. The van der Waals surface area contributed by atoms with Crippen molar-refractivity contribution in [3.8, 4) is 11.5 Å². The highest BCUT2D eigenvalue weighted by Gasteiger charge is 2.37. The van der Waals surface area contributed by atoms with Crippen LogP contribution in [-0.4, -0.2) is 58.2 Å². The van der Waals surface area contributed by atoms with E-state index in [1.54, 1.807) is 61.5 Å². The molecule has 13 heteroatoms. The zero-order valence-corrected chi connectivity index (χ0v) is 26.2. The van der Waals surface area contributed by atoms with Crippen molar-refractivity contribution in [3.05, 3.63) is 101 Å². The van der Waals surface area contributed by atoms with E-state index in [-0.39, 0.29) is 61.2 Å². The van der Waals surface area contributed by atoms with Crippen LogP contribution in [0.5, 0.6) is 11.5 Å². The second kappa shape index (κ2) is 14.1. The largest absolute Gasteiger partial charge is 0.505 e. The summed E-state index contributed by atoms with van der Waals surface area (Å²) in [6.45, 7) is 3.42. The first-order valence-corrected chi connectivity index (χ1v) is 16.5. The molecule has 11 nitrogen and oxygen atoms in total. The van der Waals surface area contributed by atoms with Crippen LogP contribution < -0.4 is 9.84 Å². The normalized spacial score (nSPS) is 14.4. The summed E-state index contributed by atoms with van der Waals surface area (Å²) in [6, 6.07) is 17.4. The summed E-state index contributed by atoms with van der Waals surface area (Å²) in [6.07, 6.45) is 0.314. The molecular formula is C33H33FN3O8P. The van der Waals surface area contributed by atoms with Gasteiger partial charge in [-0.3, -0.25) is 19.1 Å². The van der Waals surface area contributed by atoms with Gasteiger partial charge in [0.05, 0.1) is 23.9 Å². The number of benzene rings is 3. The third-order valence-corrected chi connectivity index (χ3v) is 9.32. The van der Waals surface area contributed by atoms with Crippen molar-refractivity contribution in [1.29, 1.82) is 0 Å². The number of carbonyl (C=O) groups is 3. The highest BCUT2D eigenvalue weighted by molar-refractivity contribution is 7.54. The number of fused-ring (bicyclic) bond motifs is 2. The summed E-state index contributed by atoms with van der Waals surface area (Å²) in [4.78, 5) is 45.0. The lowest BCUT2D eigenvalue weighted by Crippen LogP contribution is -2.28. The average Bonchev–Trinajstić information content (AvgIpc) is 3.36. The van der Waals surface area contributed by atoms with Gasteiger partial charge in [0.15, 0.2) is 11.9 Å².